The van der Waals surface area contributed by atoms with Crippen molar-refractivity contribution in [3.05, 3.63) is 36.7 Å². The molecule has 0 aliphatic heterocycles. The van der Waals surface area contributed by atoms with Crippen molar-refractivity contribution in [2.24, 2.45) is 0 Å². The predicted octanol–water partition coefficient (Wildman–Crippen LogP) is 1.74. The Hall–Kier alpha value is -1.64. The molecule has 1 aromatic heterocycles. The van der Waals surface area contributed by atoms with E-state index in [1.807, 2.05) is 6.92 Å². The molecule has 0 fully saturated rings. The Bertz CT molecular complexity index is 320. The van der Waals surface area contributed by atoms with Gasteiger partial charge >= 0.3 is 5.97 Å². The zero-order chi connectivity index (χ0) is 9.68. The SMILES string of the molecule is C=CC(=O)Oc1cccnc1CC. The molecule has 1 aromatic rings. The zero-order valence-corrected chi connectivity index (χ0v) is 7.49. The zero-order valence-electron chi connectivity index (χ0n) is 7.49. The Labute approximate surface area is 77.1 Å². The maximum Gasteiger partial charge on any atom is 0.335 e. The summed E-state index contributed by atoms with van der Waals surface area (Å²) in [7, 11) is 0. The lowest BCUT2D eigenvalue weighted by molar-refractivity contribution is -0.129. The van der Waals surface area contributed by atoms with Crippen LogP contribution in [0, 0.1) is 0 Å². The molecule has 3 nitrogen and oxygen atoms in total. The van der Waals surface area contributed by atoms with Crippen LogP contribution >= 0.6 is 0 Å². The molecule has 0 saturated heterocycles. The molecule has 1 heterocycles. The summed E-state index contributed by atoms with van der Waals surface area (Å²) in [6, 6.07) is 3.44. The van der Waals surface area contributed by atoms with E-state index < -0.39 is 5.97 Å². The molecule has 1 rings (SSSR count). The first kappa shape index (κ1) is 9.45. The molecule has 0 spiro atoms. The Morgan fingerprint density at radius 3 is 3.15 bits per heavy atom. The number of nitrogens with zero attached hydrogens (tertiary/aromatic N) is 1. The van der Waals surface area contributed by atoms with Gasteiger partial charge in [-0.15, -0.1) is 0 Å². The number of pyridine rings is 1. The lowest BCUT2D eigenvalue weighted by Crippen LogP contribution is -2.05. The fourth-order valence-electron chi connectivity index (χ4n) is 0.932. The monoisotopic (exact) mass is 177 g/mol. The minimum absolute atomic E-state index is 0.456. The molecule has 0 aliphatic carbocycles. The third-order valence-electron chi connectivity index (χ3n) is 1.56. The van der Waals surface area contributed by atoms with Crippen LogP contribution in [0.4, 0.5) is 0 Å². The van der Waals surface area contributed by atoms with Gasteiger partial charge in [0.15, 0.2) is 5.75 Å². The van der Waals surface area contributed by atoms with Crippen molar-refractivity contribution in [2.45, 2.75) is 13.3 Å². The molecule has 0 radical (unpaired) electrons. The number of esters is 1. The highest BCUT2D eigenvalue weighted by Gasteiger charge is 2.04. The molecule has 0 aliphatic rings. The van der Waals surface area contributed by atoms with Crippen LogP contribution < -0.4 is 4.74 Å². The van der Waals surface area contributed by atoms with Gasteiger partial charge in [0.1, 0.15) is 0 Å². The van der Waals surface area contributed by atoms with Crippen molar-refractivity contribution >= 4 is 5.97 Å². The van der Waals surface area contributed by atoms with Crippen molar-refractivity contribution in [1.82, 2.24) is 4.98 Å². The number of hydrogen-bond donors (Lipinski definition) is 0. The molecule has 0 N–H and O–H groups in total. The largest absolute Gasteiger partial charge is 0.421 e. The number of carbonyl (C=O) groups is 1. The van der Waals surface area contributed by atoms with Crippen molar-refractivity contribution in [3.63, 3.8) is 0 Å². The Kier molecular flexibility index (Phi) is 3.20. The predicted molar refractivity (Wildman–Crippen MR) is 49.4 cm³/mol. The van der Waals surface area contributed by atoms with Gasteiger partial charge in [-0.2, -0.15) is 0 Å². The first-order valence-corrected chi connectivity index (χ1v) is 4.06. The van der Waals surface area contributed by atoms with E-state index in [-0.39, 0.29) is 0 Å². The molecule has 13 heavy (non-hydrogen) atoms. The third kappa shape index (κ3) is 2.40. The average Bonchev–Trinajstić information content (AvgIpc) is 2.18. The van der Waals surface area contributed by atoms with Crippen LogP contribution in [-0.4, -0.2) is 11.0 Å². The van der Waals surface area contributed by atoms with Crippen LogP contribution in [0.25, 0.3) is 0 Å². The maximum absolute atomic E-state index is 10.9. The highest BCUT2D eigenvalue weighted by molar-refractivity contribution is 5.83. The summed E-state index contributed by atoms with van der Waals surface area (Å²) in [5.41, 5.74) is 0.776. The molecule has 0 saturated carbocycles. The summed E-state index contributed by atoms with van der Waals surface area (Å²) in [4.78, 5) is 15.0. The maximum atomic E-state index is 10.9. The van der Waals surface area contributed by atoms with Crippen LogP contribution in [0.3, 0.4) is 0 Å². The quantitative estimate of drug-likeness (QED) is 0.521. The number of hydrogen-bond acceptors (Lipinski definition) is 3. The van der Waals surface area contributed by atoms with Crippen molar-refractivity contribution in [3.8, 4) is 5.75 Å². The van der Waals surface area contributed by atoms with Crippen LogP contribution in [-0.2, 0) is 11.2 Å². The standard InChI is InChI=1S/C10H11NO2/c1-3-8-9(6-5-7-11-8)13-10(12)4-2/h4-7H,2-3H2,1H3. The molecular weight excluding hydrogens is 166 g/mol. The fraction of sp³-hybridized carbons (Fsp3) is 0.200. The first-order chi connectivity index (χ1) is 6.27. The highest BCUT2D eigenvalue weighted by atomic mass is 16.5. The van der Waals surface area contributed by atoms with Gasteiger partial charge in [0.05, 0.1) is 5.69 Å². The van der Waals surface area contributed by atoms with Gasteiger partial charge in [-0.3, -0.25) is 4.98 Å². The van der Waals surface area contributed by atoms with Crippen LogP contribution in [0.5, 0.6) is 5.75 Å². The Morgan fingerprint density at radius 2 is 2.54 bits per heavy atom. The molecule has 68 valence electrons. The van der Waals surface area contributed by atoms with Gasteiger partial charge in [-0.05, 0) is 18.6 Å². The van der Waals surface area contributed by atoms with Crippen LogP contribution in [0.1, 0.15) is 12.6 Å². The third-order valence-corrected chi connectivity index (χ3v) is 1.56. The second-order valence-electron chi connectivity index (χ2n) is 2.43. The summed E-state index contributed by atoms with van der Waals surface area (Å²) >= 11 is 0. The second-order valence-corrected chi connectivity index (χ2v) is 2.43. The summed E-state index contributed by atoms with van der Waals surface area (Å²) in [6.07, 6.45) is 3.54. The lowest BCUT2D eigenvalue weighted by Gasteiger charge is -2.04. The van der Waals surface area contributed by atoms with E-state index in [1.165, 1.54) is 0 Å². The smallest absolute Gasteiger partial charge is 0.335 e. The number of rotatable bonds is 3. The Balaban J connectivity index is 2.86. The average molecular weight is 177 g/mol. The molecule has 0 amide bonds. The van der Waals surface area contributed by atoms with Gasteiger partial charge in [0, 0.05) is 12.3 Å². The van der Waals surface area contributed by atoms with Gasteiger partial charge < -0.3 is 4.74 Å². The van der Waals surface area contributed by atoms with Crippen LogP contribution in [0.2, 0.25) is 0 Å². The first-order valence-electron chi connectivity index (χ1n) is 4.06. The van der Waals surface area contributed by atoms with E-state index in [4.69, 9.17) is 4.74 Å². The normalized spacial score (nSPS) is 9.31. The highest BCUT2D eigenvalue weighted by Crippen LogP contribution is 2.15. The lowest BCUT2D eigenvalue weighted by atomic mass is 10.3. The number of ether oxygens (including phenoxy) is 1. The fourth-order valence-corrected chi connectivity index (χ4v) is 0.932. The summed E-state index contributed by atoms with van der Waals surface area (Å²) in [6.45, 7) is 5.27. The topological polar surface area (TPSA) is 39.2 Å². The number of aromatic nitrogens is 1. The van der Waals surface area contributed by atoms with E-state index >= 15 is 0 Å². The van der Waals surface area contributed by atoms with E-state index in [1.54, 1.807) is 18.3 Å². The van der Waals surface area contributed by atoms with Crippen molar-refractivity contribution in [1.29, 1.82) is 0 Å². The second kappa shape index (κ2) is 4.40. The van der Waals surface area contributed by atoms with E-state index in [9.17, 15) is 4.79 Å². The minimum Gasteiger partial charge on any atom is -0.421 e. The summed E-state index contributed by atoms with van der Waals surface area (Å²) in [5, 5.41) is 0. The minimum atomic E-state index is -0.456. The Morgan fingerprint density at radius 1 is 1.77 bits per heavy atom. The van der Waals surface area contributed by atoms with Crippen LogP contribution in [0.15, 0.2) is 31.0 Å². The van der Waals surface area contributed by atoms with E-state index in [0.29, 0.717) is 5.75 Å². The van der Waals surface area contributed by atoms with Gasteiger partial charge in [0.2, 0.25) is 0 Å². The van der Waals surface area contributed by atoms with Crippen molar-refractivity contribution in [2.75, 3.05) is 0 Å². The number of carbonyl (C=O) groups excluding carboxylic acids is 1. The molecule has 0 unspecified atom stereocenters. The number of aryl methyl sites for hydroxylation is 1. The summed E-state index contributed by atoms with van der Waals surface area (Å²) in [5.74, 6) is 0.0533. The molecule has 0 bridgehead atoms. The van der Waals surface area contributed by atoms with E-state index in [0.717, 1.165) is 18.2 Å². The molecular formula is C10H11NO2. The van der Waals surface area contributed by atoms with Gasteiger partial charge in [-0.1, -0.05) is 13.5 Å². The molecule has 0 aromatic carbocycles. The molecule has 3 heteroatoms. The van der Waals surface area contributed by atoms with Crippen molar-refractivity contribution < 1.29 is 9.53 Å². The van der Waals surface area contributed by atoms with Gasteiger partial charge in [0.25, 0.3) is 0 Å². The van der Waals surface area contributed by atoms with Gasteiger partial charge in [-0.25, -0.2) is 4.79 Å². The summed E-state index contributed by atoms with van der Waals surface area (Å²) < 4.78 is 4.97. The van der Waals surface area contributed by atoms with E-state index in [2.05, 4.69) is 11.6 Å². The molecule has 0 atom stereocenters.